The van der Waals surface area contributed by atoms with Gasteiger partial charge in [0.05, 0.1) is 21.7 Å². The van der Waals surface area contributed by atoms with Crippen molar-refractivity contribution in [3.63, 3.8) is 0 Å². The van der Waals surface area contributed by atoms with Gasteiger partial charge in [-0.05, 0) is 18.2 Å². The molecule has 0 fully saturated rings. The fraction of sp³-hybridized carbons (Fsp3) is 0.250. The van der Waals surface area contributed by atoms with Crippen molar-refractivity contribution >= 4 is 9.73 Å². The summed E-state index contributed by atoms with van der Waals surface area (Å²) in [5.74, 6) is 0.634. The predicted molar refractivity (Wildman–Crippen MR) is 48.0 cm³/mol. The molecule has 12 heavy (non-hydrogen) atoms. The van der Waals surface area contributed by atoms with Gasteiger partial charge in [-0.1, -0.05) is 6.07 Å². The maximum Gasteiger partial charge on any atom is 0.120 e. The molecule has 0 saturated carbocycles. The summed E-state index contributed by atoms with van der Waals surface area (Å²) in [5.41, 5.74) is 0. The molecule has 3 nitrogen and oxygen atoms in total. The Bertz CT molecular complexity index is 370. The lowest BCUT2D eigenvalue weighted by atomic mass is 10.3. The second kappa shape index (κ2) is 3.15. The first-order valence-corrected chi connectivity index (χ1v) is 5.38. The van der Waals surface area contributed by atoms with E-state index in [1.807, 2.05) is 0 Å². The molecule has 0 aliphatic heterocycles. The van der Waals surface area contributed by atoms with E-state index >= 15 is 0 Å². The van der Waals surface area contributed by atoms with Crippen LogP contribution in [0.5, 0.6) is 5.75 Å². The average Bonchev–Trinajstić information content (AvgIpc) is 2.03. The quantitative estimate of drug-likeness (QED) is 0.762. The molecule has 1 aromatic rings. The van der Waals surface area contributed by atoms with Crippen molar-refractivity contribution in [2.75, 3.05) is 13.4 Å². The number of methoxy groups -OCH3 is 1. The van der Waals surface area contributed by atoms with Gasteiger partial charge in [0.1, 0.15) is 5.75 Å². The van der Waals surface area contributed by atoms with E-state index in [1.54, 1.807) is 31.4 Å². The third kappa shape index (κ3) is 1.98. The minimum Gasteiger partial charge on any atom is -0.497 e. The van der Waals surface area contributed by atoms with Crippen LogP contribution in [0.15, 0.2) is 29.2 Å². The van der Waals surface area contributed by atoms with Crippen LogP contribution in [0.25, 0.3) is 0 Å². The molecule has 1 N–H and O–H groups in total. The van der Waals surface area contributed by atoms with Gasteiger partial charge in [-0.25, -0.2) is 8.99 Å². The summed E-state index contributed by atoms with van der Waals surface area (Å²) in [4.78, 5) is 0.502. The van der Waals surface area contributed by atoms with Gasteiger partial charge >= 0.3 is 0 Å². The summed E-state index contributed by atoms with van der Waals surface area (Å²) in [5, 5.41) is 0. The standard InChI is InChI=1S/C8H11NO2S/c1-11-7-4-3-5-8(6-7)12(2,9)10/h3-6,9H,1-2H3. The van der Waals surface area contributed by atoms with Crippen molar-refractivity contribution in [2.45, 2.75) is 4.90 Å². The molecule has 4 heteroatoms. The number of hydrogen-bond donors (Lipinski definition) is 1. The lowest BCUT2D eigenvalue weighted by molar-refractivity contribution is 0.413. The van der Waals surface area contributed by atoms with Gasteiger partial charge in [0, 0.05) is 6.26 Å². The van der Waals surface area contributed by atoms with Gasteiger partial charge in [-0.2, -0.15) is 0 Å². The molecule has 1 atom stereocenters. The lowest BCUT2D eigenvalue weighted by Gasteiger charge is -2.03. The molecule has 0 bridgehead atoms. The van der Waals surface area contributed by atoms with E-state index in [9.17, 15) is 4.21 Å². The van der Waals surface area contributed by atoms with Crippen LogP contribution in [0.1, 0.15) is 0 Å². The topological polar surface area (TPSA) is 50.1 Å². The highest BCUT2D eigenvalue weighted by molar-refractivity contribution is 7.91. The van der Waals surface area contributed by atoms with E-state index in [-0.39, 0.29) is 0 Å². The summed E-state index contributed by atoms with van der Waals surface area (Å²) in [7, 11) is -1.07. The van der Waals surface area contributed by atoms with Gasteiger partial charge in [-0.15, -0.1) is 0 Å². The van der Waals surface area contributed by atoms with Crippen LogP contribution in [0.3, 0.4) is 0 Å². The van der Waals surface area contributed by atoms with Crippen molar-refractivity contribution < 1.29 is 8.95 Å². The van der Waals surface area contributed by atoms with Crippen LogP contribution in [-0.4, -0.2) is 17.6 Å². The lowest BCUT2D eigenvalue weighted by Crippen LogP contribution is -1.94. The first-order valence-electron chi connectivity index (χ1n) is 3.42. The zero-order valence-electron chi connectivity index (χ0n) is 7.03. The number of ether oxygens (including phenoxy) is 1. The van der Waals surface area contributed by atoms with Crippen molar-refractivity contribution in [1.29, 1.82) is 4.78 Å². The predicted octanol–water partition coefficient (Wildman–Crippen LogP) is 1.73. The molecule has 1 rings (SSSR count). The van der Waals surface area contributed by atoms with Crippen molar-refractivity contribution in [1.82, 2.24) is 0 Å². The molecule has 0 aliphatic rings. The molecule has 66 valence electrons. The normalized spacial score (nSPS) is 15.2. The zero-order valence-corrected chi connectivity index (χ0v) is 7.85. The Morgan fingerprint density at radius 1 is 1.50 bits per heavy atom. The minimum absolute atomic E-state index is 0.502. The highest BCUT2D eigenvalue weighted by Gasteiger charge is 2.02. The van der Waals surface area contributed by atoms with Crippen LogP contribution >= 0.6 is 0 Å². The summed E-state index contributed by atoms with van der Waals surface area (Å²) < 4.78 is 23.5. The van der Waals surface area contributed by atoms with E-state index in [4.69, 9.17) is 9.52 Å². The largest absolute Gasteiger partial charge is 0.497 e. The highest BCUT2D eigenvalue weighted by atomic mass is 32.2. The van der Waals surface area contributed by atoms with E-state index < -0.39 is 9.73 Å². The van der Waals surface area contributed by atoms with Gasteiger partial charge in [0.15, 0.2) is 0 Å². The molecule has 0 heterocycles. The number of hydrogen-bond acceptors (Lipinski definition) is 3. The molecule has 1 unspecified atom stereocenters. The maximum absolute atomic E-state index is 11.3. The molecular weight excluding hydrogens is 174 g/mol. The van der Waals surface area contributed by atoms with Gasteiger partial charge in [0.25, 0.3) is 0 Å². The highest BCUT2D eigenvalue weighted by Crippen LogP contribution is 2.16. The van der Waals surface area contributed by atoms with Crippen LogP contribution in [0.4, 0.5) is 0 Å². The van der Waals surface area contributed by atoms with Crippen molar-refractivity contribution in [2.24, 2.45) is 0 Å². The Labute approximate surface area is 72.3 Å². The number of nitrogens with one attached hydrogen (secondary N) is 1. The molecule has 0 aliphatic carbocycles. The van der Waals surface area contributed by atoms with E-state index in [0.717, 1.165) is 0 Å². The van der Waals surface area contributed by atoms with Gasteiger partial charge < -0.3 is 4.74 Å². The molecule has 0 radical (unpaired) electrons. The summed E-state index contributed by atoms with van der Waals surface area (Å²) in [6, 6.07) is 6.77. The monoisotopic (exact) mass is 185 g/mol. The average molecular weight is 185 g/mol. The first kappa shape index (κ1) is 9.06. The Balaban J connectivity index is 3.20. The Kier molecular flexibility index (Phi) is 2.38. The van der Waals surface area contributed by atoms with Crippen LogP contribution in [0, 0.1) is 4.78 Å². The van der Waals surface area contributed by atoms with Crippen LogP contribution < -0.4 is 4.74 Å². The van der Waals surface area contributed by atoms with Gasteiger partial charge in [0.2, 0.25) is 0 Å². The Morgan fingerprint density at radius 2 is 2.17 bits per heavy atom. The first-order chi connectivity index (χ1) is 5.54. The summed E-state index contributed by atoms with van der Waals surface area (Å²) in [6.07, 6.45) is 1.39. The van der Waals surface area contributed by atoms with E-state index in [1.165, 1.54) is 6.26 Å². The summed E-state index contributed by atoms with van der Waals surface area (Å²) in [6.45, 7) is 0. The maximum atomic E-state index is 11.3. The van der Waals surface area contributed by atoms with Gasteiger partial charge in [-0.3, -0.25) is 0 Å². The molecule has 0 aromatic heterocycles. The van der Waals surface area contributed by atoms with Crippen LogP contribution in [-0.2, 0) is 9.73 Å². The fourth-order valence-electron chi connectivity index (χ4n) is 0.843. The number of rotatable bonds is 2. The molecular formula is C8H11NO2S. The van der Waals surface area contributed by atoms with Crippen molar-refractivity contribution in [3.8, 4) is 5.75 Å². The fourth-order valence-corrected chi connectivity index (χ4v) is 1.52. The number of benzene rings is 1. The Hall–Kier alpha value is -1.03. The minimum atomic E-state index is -2.62. The SMILES string of the molecule is COc1cccc(S(C)(=N)=O)c1. The molecule has 0 spiro atoms. The Morgan fingerprint density at radius 3 is 2.67 bits per heavy atom. The summed E-state index contributed by atoms with van der Waals surface area (Å²) >= 11 is 0. The molecule has 0 saturated heterocycles. The third-order valence-electron chi connectivity index (χ3n) is 1.49. The third-order valence-corrected chi connectivity index (χ3v) is 2.64. The van der Waals surface area contributed by atoms with E-state index in [0.29, 0.717) is 10.6 Å². The molecule has 1 aromatic carbocycles. The second-order valence-electron chi connectivity index (χ2n) is 2.52. The molecule has 0 amide bonds. The van der Waals surface area contributed by atoms with Crippen LogP contribution in [0.2, 0.25) is 0 Å². The van der Waals surface area contributed by atoms with E-state index in [2.05, 4.69) is 0 Å². The van der Waals surface area contributed by atoms with Crippen molar-refractivity contribution in [3.05, 3.63) is 24.3 Å². The smallest absolute Gasteiger partial charge is 0.120 e. The second-order valence-corrected chi connectivity index (χ2v) is 4.68. The zero-order chi connectivity index (χ0) is 9.19.